The number of hydrogen-bond acceptors (Lipinski definition) is 4. The first-order valence-corrected chi connectivity index (χ1v) is 8.37. The van der Waals surface area contributed by atoms with Crippen LogP contribution in [0.3, 0.4) is 0 Å². The zero-order chi connectivity index (χ0) is 19.6. The quantitative estimate of drug-likeness (QED) is 0.535. The van der Waals surface area contributed by atoms with Crippen molar-refractivity contribution in [1.82, 2.24) is 19.7 Å². The molecule has 0 bridgehead atoms. The molecule has 0 aliphatic rings. The van der Waals surface area contributed by atoms with Crippen LogP contribution >= 0.6 is 0 Å². The molecule has 0 aliphatic heterocycles. The van der Waals surface area contributed by atoms with Gasteiger partial charge in [0.25, 0.3) is 0 Å². The van der Waals surface area contributed by atoms with Crippen LogP contribution in [0.4, 0.5) is 24.7 Å². The van der Waals surface area contributed by atoms with Crippen LogP contribution in [0.1, 0.15) is 5.56 Å². The molecule has 0 fully saturated rings. The van der Waals surface area contributed by atoms with Gasteiger partial charge in [-0.05, 0) is 42.5 Å². The monoisotopic (exact) mass is 381 g/mol. The van der Waals surface area contributed by atoms with E-state index in [4.69, 9.17) is 0 Å². The number of pyridine rings is 1. The fourth-order valence-corrected chi connectivity index (χ4v) is 2.70. The number of anilines is 2. The smallest absolute Gasteiger partial charge is 0.340 e. The van der Waals surface area contributed by atoms with E-state index < -0.39 is 11.7 Å². The topological polar surface area (TPSA) is 55.6 Å². The number of nitrogens with one attached hydrogen (secondary N) is 1. The molecule has 4 rings (SSSR count). The van der Waals surface area contributed by atoms with E-state index in [1.54, 1.807) is 12.3 Å². The summed E-state index contributed by atoms with van der Waals surface area (Å²) in [5.41, 5.74) is 0.991. The minimum Gasteiger partial charge on any atom is -0.340 e. The Morgan fingerprint density at radius 3 is 2.46 bits per heavy atom. The highest BCUT2D eigenvalue weighted by Crippen LogP contribution is 2.31. The predicted molar refractivity (Wildman–Crippen MR) is 99.3 cm³/mol. The lowest BCUT2D eigenvalue weighted by Gasteiger charge is -2.09. The van der Waals surface area contributed by atoms with Crippen molar-refractivity contribution in [2.45, 2.75) is 6.18 Å². The third-order valence-corrected chi connectivity index (χ3v) is 4.03. The summed E-state index contributed by atoms with van der Waals surface area (Å²) in [5.74, 6) is 1.05. The third kappa shape index (κ3) is 3.71. The molecule has 28 heavy (non-hydrogen) atoms. The number of hydrogen-bond donors (Lipinski definition) is 1. The maximum atomic E-state index is 13.0. The maximum absolute atomic E-state index is 13.0. The SMILES string of the molecule is FC(F)(F)c1cccc(-n2cnc(-c3ccccc3Nc3ccccn3)n2)c1. The van der Waals surface area contributed by atoms with Crippen molar-refractivity contribution in [3.63, 3.8) is 0 Å². The van der Waals surface area contributed by atoms with Crippen LogP contribution in [0, 0.1) is 0 Å². The van der Waals surface area contributed by atoms with Crippen molar-refractivity contribution in [3.8, 4) is 17.1 Å². The van der Waals surface area contributed by atoms with E-state index in [1.165, 1.54) is 17.1 Å². The number of nitrogens with zero attached hydrogens (tertiary/aromatic N) is 4. The van der Waals surface area contributed by atoms with Crippen molar-refractivity contribution in [2.75, 3.05) is 5.32 Å². The molecule has 0 amide bonds. The highest BCUT2D eigenvalue weighted by molar-refractivity contribution is 5.76. The first kappa shape index (κ1) is 17.7. The molecule has 8 heteroatoms. The number of rotatable bonds is 4. The highest BCUT2D eigenvalue weighted by atomic mass is 19.4. The second-order valence-electron chi connectivity index (χ2n) is 5.95. The number of benzene rings is 2. The van der Waals surface area contributed by atoms with E-state index in [9.17, 15) is 13.2 Å². The Kier molecular flexibility index (Phi) is 4.52. The molecule has 0 unspecified atom stereocenters. The molecule has 4 aromatic rings. The summed E-state index contributed by atoms with van der Waals surface area (Å²) >= 11 is 0. The van der Waals surface area contributed by atoms with Gasteiger partial charge in [-0.3, -0.25) is 0 Å². The molecule has 0 radical (unpaired) electrons. The van der Waals surface area contributed by atoms with Crippen molar-refractivity contribution < 1.29 is 13.2 Å². The van der Waals surface area contributed by atoms with Gasteiger partial charge in [-0.15, -0.1) is 5.10 Å². The van der Waals surface area contributed by atoms with Crippen LogP contribution in [-0.2, 0) is 6.18 Å². The van der Waals surface area contributed by atoms with Gasteiger partial charge in [-0.25, -0.2) is 14.6 Å². The molecule has 0 aliphatic carbocycles. The van der Waals surface area contributed by atoms with Crippen molar-refractivity contribution in [2.24, 2.45) is 0 Å². The van der Waals surface area contributed by atoms with E-state index in [2.05, 4.69) is 20.4 Å². The number of para-hydroxylation sites is 1. The maximum Gasteiger partial charge on any atom is 0.416 e. The Morgan fingerprint density at radius 2 is 1.68 bits per heavy atom. The molecule has 2 aromatic heterocycles. The van der Waals surface area contributed by atoms with E-state index >= 15 is 0 Å². The Balaban J connectivity index is 1.67. The lowest BCUT2D eigenvalue weighted by Crippen LogP contribution is -2.06. The normalized spacial score (nSPS) is 11.4. The zero-order valence-corrected chi connectivity index (χ0v) is 14.4. The van der Waals surface area contributed by atoms with Gasteiger partial charge in [-0.2, -0.15) is 13.2 Å². The summed E-state index contributed by atoms with van der Waals surface area (Å²) in [6.45, 7) is 0. The minimum absolute atomic E-state index is 0.281. The lowest BCUT2D eigenvalue weighted by molar-refractivity contribution is -0.137. The number of aromatic nitrogens is 4. The molecule has 140 valence electrons. The molecule has 1 N–H and O–H groups in total. The number of halogens is 3. The van der Waals surface area contributed by atoms with Crippen LogP contribution in [-0.4, -0.2) is 19.7 Å². The highest BCUT2D eigenvalue weighted by Gasteiger charge is 2.30. The Labute approximate surface area is 158 Å². The average Bonchev–Trinajstić information content (AvgIpc) is 3.19. The standard InChI is InChI=1S/C20H14F3N5/c21-20(22,23)14-6-5-7-15(12-14)28-13-25-19(27-28)16-8-1-2-9-17(16)26-18-10-3-4-11-24-18/h1-13H,(H,24,26). The van der Waals surface area contributed by atoms with Crippen LogP contribution < -0.4 is 5.32 Å². The van der Waals surface area contributed by atoms with Crippen molar-refractivity contribution in [1.29, 1.82) is 0 Å². The van der Waals surface area contributed by atoms with Gasteiger partial charge in [-0.1, -0.05) is 24.3 Å². The van der Waals surface area contributed by atoms with Crippen LogP contribution in [0.5, 0.6) is 0 Å². The van der Waals surface area contributed by atoms with Crippen molar-refractivity contribution in [3.05, 3.63) is 84.8 Å². The molecule has 5 nitrogen and oxygen atoms in total. The predicted octanol–water partition coefficient (Wildman–Crippen LogP) is 5.09. The summed E-state index contributed by atoms with van der Waals surface area (Å²) in [5, 5.41) is 7.55. The molecule has 2 aromatic carbocycles. The fraction of sp³-hybridized carbons (Fsp3) is 0.0500. The van der Waals surface area contributed by atoms with Gasteiger partial charge in [0.05, 0.1) is 16.9 Å². The zero-order valence-electron chi connectivity index (χ0n) is 14.4. The fourth-order valence-electron chi connectivity index (χ4n) is 2.70. The van der Waals surface area contributed by atoms with Gasteiger partial charge in [0.1, 0.15) is 12.1 Å². The van der Waals surface area contributed by atoms with Crippen LogP contribution in [0.15, 0.2) is 79.3 Å². The molecular weight excluding hydrogens is 367 g/mol. The van der Waals surface area contributed by atoms with E-state index in [0.717, 1.165) is 17.8 Å². The largest absolute Gasteiger partial charge is 0.416 e. The van der Waals surface area contributed by atoms with Gasteiger partial charge in [0.2, 0.25) is 0 Å². The molecule has 0 saturated carbocycles. The molecule has 2 heterocycles. The van der Waals surface area contributed by atoms with Gasteiger partial charge in [0.15, 0.2) is 5.82 Å². The Hall–Kier alpha value is -3.68. The van der Waals surface area contributed by atoms with E-state index in [1.807, 2.05) is 42.5 Å². The lowest BCUT2D eigenvalue weighted by atomic mass is 10.1. The van der Waals surface area contributed by atoms with Crippen LogP contribution in [0.25, 0.3) is 17.1 Å². The van der Waals surface area contributed by atoms with Gasteiger partial charge >= 0.3 is 6.18 Å². The average molecular weight is 381 g/mol. The summed E-state index contributed by atoms with van der Waals surface area (Å²) in [6, 6.07) is 17.8. The summed E-state index contributed by atoms with van der Waals surface area (Å²) in [6.07, 6.45) is -1.35. The summed E-state index contributed by atoms with van der Waals surface area (Å²) in [7, 11) is 0. The Bertz CT molecular complexity index is 1090. The molecule has 0 atom stereocenters. The second-order valence-corrected chi connectivity index (χ2v) is 5.95. The first-order valence-electron chi connectivity index (χ1n) is 8.37. The third-order valence-electron chi connectivity index (χ3n) is 4.03. The molecular formula is C20H14F3N5. The van der Waals surface area contributed by atoms with Gasteiger partial charge < -0.3 is 5.32 Å². The molecule has 0 spiro atoms. The molecule has 0 saturated heterocycles. The second kappa shape index (κ2) is 7.15. The summed E-state index contributed by atoms with van der Waals surface area (Å²) in [4.78, 5) is 8.50. The van der Waals surface area contributed by atoms with Gasteiger partial charge in [0, 0.05) is 11.8 Å². The first-order chi connectivity index (χ1) is 13.5. The van der Waals surface area contributed by atoms with E-state index in [0.29, 0.717) is 17.2 Å². The Morgan fingerprint density at radius 1 is 0.857 bits per heavy atom. The van der Waals surface area contributed by atoms with E-state index in [-0.39, 0.29) is 5.69 Å². The minimum atomic E-state index is -4.42. The van der Waals surface area contributed by atoms with Crippen molar-refractivity contribution >= 4 is 11.5 Å². The number of alkyl halides is 3. The van der Waals surface area contributed by atoms with Crippen LogP contribution in [0.2, 0.25) is 0 Å². The summed E-state index contributed by atoms with van der Waals surface area (Å²) < 4.78 is 40.2.